The number of fused-ring (bicyclic) bond motifs is 1. The van der Waals surface area contributed by atoms with Crippen LogP contribution in [0.2, 0.25) is 0 Å². The van der Waals surface area contributed by atoms with Crippen LogP contribution < -0.4 is 0 Å². The first kappa shape index (κ1) is 12.2. The maximum Gasteiger partial charge on any atom is 0.243 e. The average Bonchev–Trinajstić information content (AvgIpc) is 2.87. The lowest BCUT2D eigenvalue weighted by molar-refractivity contribution is 0.202. The predicted molar refractivity (Wildman–Crippen MR) is 70.7 cm³/mol. The summed E-state index contributed by atoms with van der Waals surface area (Å²) in [4.78, 5) is 0.442. The molecule has 1 aliphatic heterocycles. The van der Waals surface area contributed by atoms with Crippen LogP contribution in [0, 0.1) is 5.92 Å². The van der Waals surface area contributed by atoms with Gasteiger partial charge in [-0.05, 0) is 43.7 Å². The van der Waals surface area contributed by atoms with Gasteiger partial charge in [-0.3, -0.25) is 0 Å². The second kappa shape index (κ2) is 4.67. The van der Waals surface area contributed by atoms with Crippen LogP contribution in [0.5, 0.6) is 0 Å². The van der Waals surface area contributed by atoms with Crippen molar-refractivity contribution < 1.29 is 8.42 Å². The summed E-state index contributed by atoms with van der Waals surface area (Å²) in [7, 11) is -3.28. The van der Waals surface area contributed by atoms with Gasteiger partial charge in [0.15, 0.2) is 0 Å². The Balaban J connectivity index is 1.94. The Morgan fingerprint density at radius 2 is 1.72 bits per heavy atom. The van der Waals surface area contributed by atoms with Crippen LogP contribution in [0.3, 0.4) is 0 Å². The van der Waals surface area contributed by atoms with Crippen LogP contribution in [-0.4, -0.2) is 25.3 Å². The molecule has 0 N–H and O–H groups in total. The molecule has 98 valence electrons. The van der Waals surface area contributed by atoms with Crippen molar-refractivity contribution in [1.82, 2.24) is 4.31 Å². The van der Waals surface area contributed by atoms with Gasteiger partial charge in [0.05, 0.1) is 4.90 Å². The van der Waals surface area contributed by atoms with Crippen LogP contribution in [0.25, 0.3) is 0 Å². The van der Waals surface area contributed by atoms with Crippen molar-refractivity contribution in [3.63, 3.8) is 0 Å². The molecular weight excluding hydrogens is 246 g/mol. The van der Waals surface area contributed by atoms with Gasteiger partial charge in [-0.15, -0.1) is 0 Å². The molecule has 1 saturated heterocycles. The van der Waals surface area contributed by atoms with Gasteiger partial charge in [-0.2, -0.15) is 4.31 Å². The summed E-state index contributed by atoms with van der Waals surface area (Å²) in [6.07, 6.45) is 5.62. The zero-order valence-corrected chi connectivity index (χ0v) is 11.3. The standard InChI is InChI=1S/C14H19NO2S/c16-18(17,13-8-2-1-3-9-13)15-11-5-7-12-6-4-10-14(12)15/h1-3,8-9,12,14H,4-7,10-11H2/t12-,14+/m1/s1. The second-order valence-electron chi connectivity index (χ2n) is 5.33. The molecule has 1 aromatic rings. The van der Waals surface area contributed by atoms with Crippen molar-refractivity contribution in [3.05, 3.63) is 30.3 Å². The minimum Gasteiger partial charge on any atom is -0.207 e. The van der Waals surface area contributed by atoms with Gasteiger partial charge in [0.2, 0.25) is 10.0 Å². The Labute approximate surface area is 109 Å². The normalized spacial score (nSPS) is 29.1. The highest BCUT2D eigenvalue weighted by Gasteiger charge is 2.41. The number of rotatable bonds is 2. The Morgan fingerprint density at radius 1 is 1.00 bits per heavy atom. The highest BCUT2D eigenvalue weighted by Crippen LogP contribution is 2.39. The second-order valence-corrected chi connectivity index (χ2v) is 7.22. The minimum absolute atomic E-state index is 0.254. The van der Waals surface area contributed by atoms with E-state index in [2.05, 4.69) is 0 Å². The highest BCUT2D eigenvalue weighted by molar-refractivity contribution is 7.89. The first-order valence-electron chi connectivity index (χ1n) is 6.76. The minimum atomic E-state index is -3.28. The third-order valence-electron chi connectivity index (χ3n) is 4.29. The highest BCUT2D eigenvalue weighted by atomic mass is 32.2. The van der Waals surface area contributed by atoms with E-state index < -0.39 is 10.0 Å². The molecule has 0 radical (unpaired) electrons. The average molecular weight is 265 g/mol. The largest absolute Gasteiger partial charge is 0.243 e. The molecule has 0 amide bonds. The molecule has 2 atom stereocenters. The third-order valence-corrected chi connectivity index (χ3v) is 6.23. The Kier molecular flexibility index (Phi) is 3.16. The zero-order valence-electron chi connectivity index (χ0n) is 10.5. The lowest BCUT2D eigenvalue weighted by Crippen LogP contribution is -2.46. The number of benzene rings is 1. The molecule has 3 nitrogen and oxygen atoms in total. The van der Waals surface area contributed by atoms with Crippen molar-refractivity contribution >= 4 is 10.0 Å². The summed E-state index contributed by atoms with van der Waals surface area (Å²) in [6, 6.07) is 9.10. The molecule has 0 aromatic heterocycles. The fourth-order valence-electron chi connectivity index (χ4n) is 3.43. The van der Waals surface area contributed by atoms with E-state index in [0.29, 0.717) is 17.4 Å². The van der Waals surface area contributed by atoms with Crippen molar-refractivity contribution in [1.29, 1.82) is 0 Å². The van der Waals surface area contributed by atoms with E-state index in [-0.39, 0.29) is 6.04 Å². The van der Waals surface area contributed by atoms with Crippen molar-refractivity contribution in [3.8, 4) is 0 Å². The number of piperidine rings is 1. The molecule has 2 fully saturated rings. The van der Waals surface area contributed by atoms with Gasteiger partial charge in [0.1, 0.15) is 0 Å². The number of sulfonamides is 1. The molecule has 2 aliphatic rings. The van der Waals surface area contributed by atoms with E-state index in [1.165, 1.54) is 19.3 Å². The van der Waals surface area contributed by atoms with Crippen molar-refractivity contribution in [2.24, 2.45) is 5.92 Å². The van der Waals surface area contributed by atoms with Crippen LogP contribution in [0.1, 0.15) is 32.1 Å². The molecule has 3 rings (SSSR count). The van der Waals surface area contributed by atoms with Gasteiger partial charge < -0.3 is 0 Å². The number of hydrogen-bond acceptors (Lipinski definition) is 2. The molecule has 0 bridgehead atoms. The van der Waals surface area contributed by atoms with E-state index in [9.17, 15) is 8.42 Å². The van der Waals surface area contributed by atoms with Gasteiger partial charge >= 0.3 is 0 Å². The number of nitrogens with zero attached hydrogens (tertiary/aromatic N) is 1. The van der Waals surface area contributed by atoms with Gasteiger partial charge in [0, 0.05) is 12.6 Å². The maximum atomic E-state index is 12.7. The summed E-state index contributed by atoms with van der Waals surface area (Å²) in [5.41, 5.74) is 0. The molecule has 0 unspecified atom stereocenters. The van der Waals surface area contributed by atoms with Crippen LogP contribution in [0.4, 0.5) is 0 Å². The molecule has 0 spiro atoms. The molecular formula is C14H19NO2S. The van der Waals surface area contributed by atoms with E-state index in [0.717, 1.165) is 12.8 Å². The Bertz CT molecular complexity index is 512. The van der Waals surface area contributed by atoms with E-state index in [1.54, 1.807) is 28.6 Å². The summed E-state index contributed by atoms with van der Waals surface area (Å²) in [6.45, 7) is 0.693. The topological polar surface area (TPSA) is 37.4 Å². The monoisotopic (exact) mass is 265 g/mol. The molecule has 18 heavy (non-hydrogen) atoms. The third kappa shape index (κ3) is 1.97. The fourth-order valence-corrected chi connectivity index (χ4v) is 5.21. The molecule has 1 saturated carbocycles. The summed E-state index contributed by atoms with van der Waals surface area (Å²) in [5, 5.41) is 0. The van der Waals surface area contributed by atoms with Gasteiger partial charge in [-0.1, -0.05) is 24.6 Å². The lowest BCUT2D eigenvalue weighted by atomic mass is 9.94. The molecule has 4 heteroatoms. The summed E-state index contributed by atoms with van der Waals surface area (Å²) in [5.74, 6) is 0.595. The SMILES string of the molecule is O=S(=O)(c1ccccc1)N1CCC[C@H]2CCC[C@@H]21. The van der Waals surface area contributed by atoms with Crippen LogP contribution >= 0.6 is 0 Å². The quantitative estimate of drug-likeness (QED) is 0.824. The fraction of sp³-hybridized carbons (Fsp3) is 0.571. The Morgan fingerprint density at radius 3 is 2.50 bits per heavy atom. The summed E-state index contributed by atoms with van der Waals surface area (Å²) < 4.78 is 27.1. The molecule has 1 heterocycles. The Hall–Kier alpha value is -0.870. The van der Waals surface area contributed by atoms with Crippen molar-refractivity contribution in [2.75, 3.05) is 6.54 Å². The van der Waals surface area contributed by atoms with Gasteiger partial charge in [0.25, 0.3) is 0 Å². The van der Waals surface area contributed by atoms with Crippen molar-refractivity contribution in [2.45, 2.75) is 43.0 Å². The maximum absolute atomic E-state index is 12.7. The van der Waals surface area contributed by atoms with E-state index in [1.807, 2.05) is 6.07 Å². The first-order valence-corrected chi connectivity index (χ1v) is 8.20. The van der Waals surface area contributed by atoms with E-state index in [4.69, 9.17) is 0 Å². The van der Waals surface area contributed by atoms with Gasteiger partial charge in [-0.25, -0.2) is 8.42 Å². The smallest absolute Gasteiger partial charge is 0.207 e. The molecule has 1 aromatic carbocycles. The first-order chi connectivity index (χ1) is 8.69. The number of hydrogen-bond donors (Lipinski definition) is 0. The summed E-state index contributed by atoms with van der Waals surface area (Å²) >= 11 is 0. The van der Waals surface area contributed by atoms with Crippen LogP contribution in [0.15, 0.2) is 35.2 Å². The van der Waals surface area contributed by atoms with Crippen LogP contribution in [-0.2, 0) is 10.0 Å². The predicted octanol–water partition coefficient (Wildman–Crippen LogP) is 2.64. The molecule has 1 aliphatic carbocycles. The zero-order chi connectivity index (χ0) is 12.6. The lowest BCUT2D eigenvalue weighted by Gasteiger charge is -2.36. The van der Waals surface area contributed by atoms with E-state index >= 15 is 0 Å².